The lowest BCUT2D eigenvalue weighted by Gasteiger charge is -2.27. The van der Waals surface area contributed by atoms with Crippen LogP contribution in [0.15, 0.2) is 36.4 Å². The third kappa shape index (κ3) is 2.45. The number of aromatic hydroxyl groups is 1. The average Bonchev–Trinajstić information content (AvgIpc) is 2.55. The highest BCUT2D eigenvalue weighted by atomic mass is 16.4. The van der Waals surface area contributed by atoms with E-state index in [1.54, 1.807) is 24.3 Å². The van der Waals surface area contributed by atoms with Crippen LogP contribution in [0, 0.1) is 11.8 Å². The van der Waals surface area contributed by atoms with Gasteiger partial charge in [-0.25, -0.2) is 0 Å². The molecule has 2 aromatic rings. The highest BCUT2D eigenvalue weighted by Crippen LogP contribution is 2.36. The van der Waals surface area contributed by atoms with Crippen LogP contribution in [-0.4, -0.2) is 22.0 Å². The predicted octanol–water partition coefficient (Wildman–Crippen LogP) is 3.62. The van der Waals surface area contributed by atoms with Crippen LogP contribution in [0.4, 0.5) is 0 Å². The molecule has 1 aliphatic rings. The van der Waals surface area contributed by atoms with Crippen molar-refractivity contribution in [2.45, 2.75) is 25.7 Å². The predicted molar refractivity (Wildman–Crippen MR) is 83.0 cm³/mol. The van der Waals surface area contributed by atoms with Crippen molar-refractivity contribution in [1.82, 2.24) is 0 Å². The number of ketones is 1. The quantitative estimate of drug-likeness (QED) is 0.849. The van der Waals surface area contributed by atoms with Crippen LogP contribution in [0.3, 0.4) is 0 Å². The number of aliphatic carboxylic acids is 1. The number of phenolic OH excluding ortho intramolecular Hbond substituents is 1. The van der Waals surface area contributed by atoms with Gasteiger partial charge in [-0.05, 0) is 24.3 Å². The number of carboxylic acids is 1. The molecule has 1 aliphatic carbocycles. The lowest BCUT2D eigenvalue weighted by molar-refractivity contribution is -0.144. The Bertz CT molecular complexity index is 735. The van der Waals surface area contributed by atoms with Crippen molar-refractivity contribution >= 4 is 22.5 Å². The van der Waals surface area contributed by atoms with E-state index in [9.17, 15) is 19.8 Å². The van der Waals surface area contributed by atoms with E-state index < -0.39 is 17.8 Å². The first-order chi connectivity index (χ1) is 10.6. The van der Waals surface area contributed by atoms with Crippen molar-refractivity contribution in [1.29, 1.82) is 0 Å². The Labute approximate surface area is 128 Å². The van der Waals surface area contributed by atoms with Gasteiger partial charge in [-0.3, -0.25) is 9.59 Å². The Morgan fingerprint density at radius 1 is 0.955 bits per heavy atom. The highest BCUT2D eigenvalue weighted by molar-refractivity contribution is 6.06. The molecule has 2 unspecified atom stereocenters. The Morgan fingerprint density at radius 3 is 2.36 bits per heavy atom. The number of phenols is 1. The van der Waals surface area contributed by atoms with Crippen LogP contribution in [0.1, 0.15) is 36.0 Å². The second-order valence-electron chi connectivity index (χ2n) is 5.88. The molecule has 0 bridgehead atoms. The molecule has 114 valence electrons. The largest absolute Gasteiger partial charge is 0.507 e. The van der Waals surface area contributed by atoms with Crippen LogP contribution < -0.4 is 0 Å². The molecule has 0 radical (unpaired) electrons. The van der Waals surface area contributed by atoms with Gasteiger partial charge < -0.3 is 10.2 Å². The zero-order valence-corrected chi connectivity index (χ0v) is 12.2. The summed E-state index contributed by atoms with van der Waals surface area (Å²) in [6, 6.07) is 10.7. The van der Waals surface area contributed by atoms with Crippen molar-refractivity contribution < 1.29 is 19.8 Å². The molecule has 3 rings (SSSR count). The van der Waals surface area contributed by atoms with Crippen LogP contribution in [0.25, 0.3) is 10.8 Å². The molecule has 2 aromatic carbocycles. The van der Waals surface area contributed by atoms with E-state index in [4.69, 9.17) is 0 Å². The van der Waals surface area contributed by atoms with Gasteiger partial charge in [-0.15, -0.1) is 0 Å². The summed E-state index contributed by atoms with van der Waals surface area (Å²) in [6.45, 7) is 0. The van der Waals surface area contributed by atoms with Crippen molar-refractivity contribution in [2.75, 3.05) is 0 Å². The summed E-state index contributed by atoms with van der Waals surface area (Å²) >= 11 is 0. The Morgan fingerprint density at radius 2 is 1.64 bits per heavy atom. The minimum atomic E-state index is -0.918. The molecule has 2 atom stereocenters. The first-order valence-electron chi connectivity index (χ1n) is 7.57. The lowest BCUT2D eigenvalue weighted by Crippen LogP contribution is -2.32. The molecular formula is C18H18O4. The molecule has 0 amide bonds. The van der Waals surface area contributed by atoms with Gasteiger partial charge in [0.15, 0.2) is 5.78 Å². The number of rotatable bonds is 3. The van der Waals surface area contributed by atoms with Gasteiger partial charge in [0.25, 0.3) is 0 Å². The maximum absolute atomic E-state index is 12.8. The van der Waals surface area contributed by atoms with E-state index in [2.05, 4.69) is 0 Å². The average molecular weight is 298 g/mol. The van der Waals surface area contributed by atoms with Crippen molar-refractivity contribution in [3.05, 3.63) is 42.0 Å². The van der Waals surface area contributed by atoms with Crippen LogP contribution in [0.5, 0.6) is 5.75 Å². The number of fused-ring (bicyclic) bond motifs is 1. The molecule has 1 saturated carbocycles. The smallest absolute Gasteiger partial charge is 0.307 e. The van der Waals surface area contributed by atoms with Crippen LogP contribution in [-0.2, 0) is 4.79 Å². The topological polar surface area (TPSA) is 74.6 Å². The molecule has 0 saturated heterocycles. The van der Waals surface area contributed by atoms with Crippen LogP contribution in [0.2, 0.25) is 0 Å². The fourth-order valence-corrected chi connectivity index (χ4v) is 3.39. The van der Waals surface area contributed by atoms with Gasteiger partial charge in [0.05, 0.1) is 11.5 Å². The zero-order valence-electron chi connectivity index (χ0n) is 12.2. The summed E-state index contributed by atoms with van der Waals surface area (Å²) in [6.07, 6.45) is 2.79. The molecule has 4 heteroatoms. The number of Topliss-reactive ketones (excluding diaryl/α,β-unsaturated/α-hetero) is 1. The second-order valence-corrected chi connectivity index (χ2v) is 5.88. The van der Waals surface area contributed by atoms with E-state index in [1.807, 2.05) is 12.1 Å². The van der Waals surface area contributed by atoms with E-state index in [0.29, 0.717) is 18.2 Å². The molecule has 2 N–H and O–H groups in total. The van der Waals surface area contributed by atoms with Gasteiger partial charge in [-0.2, -0.15) is 0 Å². The molecular weight excluding hydrogens is 280 g/mol. The summed E-state index contributed by atoms with van der Waals surface area (Å²) < 4.78 is 0. The third-order valence-electron chi connectivity index (χ3n) is 4.59. The standard InChI is InChI=1S/C18H18O4/c19-16-12-6-2-1-5-11(12)9-10-15(16)17(20)13-7-3-4-8-14(13)18(21)22/h1-2,5-6,9-10,13-14,19H,3-4,7-8H2,(H,21,22). The SMILES string of the molecule is O=C(O)C1CCCCC1C(=O)c1ccc2ccccc2c1O. The number of carboxylic acid groups (broad SMARTS) is 1. The van der Waals surface area contributed by atoms with Gasteiger partial charge >= 0.3 is 5.97 Å². The summed E-state index contributed by atoms with van der Waals surface area (Å²) in [5.41, 5.74) is 0.233. The van der Waals surface area contributed by atoms with Crippen LogP contribution >= 0.6 is 0 Å². The Hall–Kier alpha value is -2.36. The van der Waals surface area contributed by atoms with Gasteiger partial charge in [-0.1, -0.05) is 43.2 Å². The Balaban J connectivity index is 2.01. The number of hydrogen-bond donors (Lipinski definition) is 2. The number of benzene rings is 2. The fourth-order valence-electron chi connectivity index (χ4n) is 3.39. The molecule has 0 aromatic heterocycles. The summed E-state index contributed by atoms with van der Waals surface area (Å²) in [5.74, 6) is -2.41. The molecule has 22 heavy (non-hydrogen) atoms. The normalized spacial score (nSPS) is 21.6. The monoisotopic (exact) mass is 298 g/mol. The van der Waals surface area contributed by atoms with Crippen molar-refractivity contribution in [3.63, 3.8) is 0 Å². The van der Waals surface area contributed by atoms with Crippen molar-refractivity contribution in [2.24, 2.45) is 11.8 Å². The molecule has 0 aliphatic heterocycles. The molecule has 0 heterocycles. The van der Waals surface area contributed by atoms with E-state index in [0.717, 1.165) is 18.2 Å². The van der Waals surface area contributed by atoms with E-state index in [-0.39, 0.29) is 17.1 Å². The first-order valence-corrected chi connectivity index (χ1v) is 7.57. The van der Waals surface area contributed by atoms with Gasteiger partial charge in [0.1, 0.15) is 5.75 Å². The summed E-state index contributed by atoms with van der Waals surface area (Å²) in [5, 5.41) is 21.2. The minimum absolute atomic E-state index is 0.0437. The summed E-state index contributed by atoms with van der Waals surface area (Å²) in [7, 11) is 0. The lowest BCUT2D eigenvalue weighted by atomic mass is 9.75. The van der Waals surface area contributed by atoms with E-state index >= 15 is 0 Å². The second kappa shape index (κ2) is 5.79. The Kier molecular flexibility index (Phi) is 3.84. The number of hydrogen-bond acceptors (Lipinski definition) is 3. The highest BCUT2D eigenvalue weighted by Gasteiger charge is 2.36. The third-order valence-corrected chi connectivity index (χ3v) is 4.59. The maximum Gasteiger partial charge on any atom is 0.307 e. The number of carbonyl (C=O) groups is 2. The van der Waals surface area contributed by atoms with Gasteiger partial charge in [0, 0.05) is 11.3 Å². The molecule has 4 nitrogen and oxygen atoms in total. The minimum Gasteiger partial charge on any atom is -0.507 e. The summed E-state index contributed by atoms with van der Waals surface area (Å²) in [4.78, 5) is 24.1. The molecule has 1 fully saturated rings. The number of carbonyl (C=O) groups excluding carboxylic acids is 1. The maximum atomic E-state index is 12.8. The van der Waals surface area contributed by atoms with E-state index in [1.165, 1.54) is 0 Å². The zero-order chi connectivity index (χ0) is 15.7. The first kappa shape index (κ1) is 14.6. The molecule has 0 spiro atoms. The van der Waals surface area contributed by atoms with Gasteiger partial charge in [0.2, 0.25) is 0 Å². The fraction of sp³-hybridized carbons (Fsp3) is 0.333. The van der Waals surface area contributed by atoms with Crippen molar-refractivity contribution in [3.8, 4) is 5.75 Å².